The maximum Gasteiger partial charge on any atom is 0.237 e. The molecule has 2 fully saturated rings. The van der Waals surface area contributed by atoms with E-state index in [4.69, 9.17) is 5.73 Å². The summed E-state index contributed by atoms with van der Waals surface area (Å²) >= 11 is 0. The Morgan fingerprint density at radius 3 is 2.48 bits per heavy atom. The molecule has 21 heavy (non-hydrogen) atoms. The van der Waals surface area contributed by atoms with Crippen molar-refractivity contribution in [3.63, 3.8) is 0 Å². The number of amides is 1. The topological polar surface area (TPSA) is 58.4 Å². The van der Waals surface area contributed by atoms with Crippen molar-refractivity contribution in [3.05, 3.63) is 35.9 Å². The van der Waals surface area contributed by atoms with Crippen LogP contribution in [0.25, 0.3) is 0 Å². The van der Waals surface area contributed by atoms with Crippen LogP contribution in [0.15, 0.2) is 30.3 Å². The summed E-state index contributed by atoms with van der Waals surface area (Å²) in [6, 6.07) is 10.7. The molecule has 1 saturated carbocycles. The fourth-order valence-corrected chi connectivity index (χ4v) is 3.12. The lowest BCUT2D eigenvalue weighted by Crippen LogP contribution is -2.50. The van der Waals surface area contributed by atoms with Crippen molar-refractivity contribution in [3.8, 4) is 0 Å². The van der Waals surface area contributed by atoms with Gasteiger partial charge in [0, 0.05) is 25.2 Å². The third-order valence-corrected chi connectivity index (χ3v) is 4.57. The van der Waals surface area contributed by atoms with Crippen LogP contribution in [0.1, 0.15) is 31.2 Å². The zero-order valence-electron chi connectivity index (χ0n) is 12.5. The molecule has 2 aliphatic rings. The Bertz CT molecular complexity index is 464. The van der Waals surface area contributed by atoms with Crippen LogP contribution in [0.5, 0.6) is 0 Å². The smallest absolute Gasteiger partial charge is 0.237 e. The summed E-state index contributed by atoms with van der Waals surface area (Å²) in [5.41, 5.74) is 7.14. The van der Waals surface area contributed by atoms with Gasteiger partial charge in [-0.1, -0.05) is 30.3 Å². The van der Waals surface area contributed by atoms with Gasteiger partial charge in [0.15, 0.2) is 0 Å². The molecule has 1 saturated heterocycles. The van der Waals surface area contributed by atoms with E-state index in [-0.39, 0.29) is 5.91 Å². The zero-order chi connectivity index (χ0) is 14.7. The van der Waals surface area contributed by atoms with Gasteiger partial charge in [0.1, 0.15) is 0 Å². The number of hydrogen-bond acceptors (Lipinski definition) is 3. The second-order valence-electron chi connectivity index (χ2n) is 6.35. The van der Waals surface area contributed by atoms with Gasteiger partial charge < -0.3 is 16.0 Å². The second-order valence-corrected chi connectivity index (χ2v) is 6.35. The molecule has 0 bridgehead atoms. The molecule has 0 aromatic heterocycles. The van der Waals surface area contributed by atoms with Gasteiger partial charge in [-0.25, -0.2) is 0 Å². The number of nitrogens with one attached hydrogen (secondary N) is 1. The average molecular weight is 287 g/mol. The zero-order valence-corrected chi connectivity index (χ0v) is 12.5. The molecule has 4 nitrogen and oxygen atoms in total. The van der Waals surface area contributed by atoms with Crippen molar-refractivity contribution in [1.82, 2.24) is 10.2 Å². The Morgan fingerprint density at radius 1 is 1.19 bits per heavy atom. The van der Waals surface area contributed by atoms with Gasteiger partial charge in [0.2, 0.25) is 5.91 Å². The fraction of sp³-hybridized carbons (Fsp3) is 0.588. The van der Waals surface area contributed by atoms with Crippen molar-refractivity contribution in [2.75, 3.05) is 13.1 Å². The van der Waals surface area contributed by atoms with Gasteiger partial charge in [0.05, 0.1) is 6.04 Å². The van der Waals surface area contributed by atoms with Crippen molar-refractivity contribution < 1.29 is 4.79 Å². The number of nitrogens with zero attached hydrogens (tertiary/aromatic N) is 1. The van der Waals surface area contributed by atoms with E-state index in [0.29, 0.717) is 12.5 Å². The number of benzene rings is 1. The highest BCUT2D eigenvalue weighted by Crippen LogP contribution is 2.29. The van der Waals surface area contributed by atoms with Gasteiger partial charge >= 0.3 is 0 Å². The van der Waals surface area contributed by atoms with E-state index in [2.05, 4.69) is 10.2 Å². The minimum absolute atomic E-state index is 0.0104. The van der Waals surface area contributed by atoms with Gasteiger partial charge in [-0.2, -0.15) is 0 Å². The lowest BCUT2D eigenvalue weighted by molar-refractivity contribution is -0.123. The van der Waals surface area contributed by atoms with E-state index in [9.17, 15) is 4.79 Å². The first-order valence-electron chi connectivity index (χ1n) is 8.06. The average Bonchev–Trinajstić information content (AvgIpc) is 3.34. The number of nitrogens with two attached hydrogens (primary N) is 1. The summed E-state index contributed by atoms with van der Waals surface area (Å²) in [4.78, 5) is 14.8. The second kappa shape index (κ2) is 6.58. The lowest BCUT2D eigenvalue weighted by atomic mass is 10.0. The van der Waals surface area contributed by atoms with Gasteiger partial charge in [-0.3, -0.25) is 4.79 Å². The van der Waals surface area contributed by atoms with Crippen molar-refractivity contribution in [2.45, 2.75) is 50.2 Å². The first-order valence-corrected chi connectivity index (χ1v) is 8.06. The summed E-state index contributed by atoms with van der Waals surface area (Å²) < 4.78 is 0. The van der Waals surface area contributed by atoms with Crippen LogP contribution in [-0.4, -0.2) is 42.0 Å². The van der Waals surface area contributed by atoms with Crippen LogP contribution in [0.3, 0.4) is 0 Å². The first-order chi connectivity index (χ1) is 10.2. The quantitative estimate of drug-likeness (QED) is 0.858. The maximum atomic E-state index is 12.2. The predicted molar refractivity (Wildman–Crippen MR) is 83.9 cm³/mol. The Balaban J connectivity index is 1.43. The number of carbonyl (C=O) groups excluding carboxylic acids is 1. The molecule has 3 N–H and O–H groups in total. The highest BCUT2D eigenvalue weighted by Gasteiger charge is 2.32. The largest absolute Gasteiger partial charge is 0.352 e. The maximum absolute atomic E-state index is 12.2. The Kier molecular flexibility index (Phi) is 4.56. The number of hydrogen-bond donors (Lipinski definition) is 2. The third kappa shape index (κ3) is 4.05. The minimum atomic E-state index is -0.450. The van der Waals surface area contributed by atoms with E-state index >= 15 is 0 Å². The SMILES string of the molecule is N[C@H](Cc1ccccc1)C(=O)NC1CCN(C2CC2)CC1. The molecule has 3 rings (SSSR count). The molecule has 4 heteroatoms. The molecule has 114 valence electrons. The van der Waals surface area contributed by atoms with Crippen LogP contribution in [0.2, 0.25) is 0 Å². The molecule has 1 amide bonds. The Morgan fingerprint density at radius 2 is 1.86 bits per heavy atom. The molecule has 1 aromatic carbocycles. The monoisotopic (exact) mass is 287 g/mol. The van der Waals surface area contributed by atoms with E-state index in [1.807, 2.05) is 30.3 Å². The van der Waals surface area contributed by atoms with Gasteiger partial charge in [-0.05, 0) is 37.7 Å². The van der Waals surface area contributed by atoms with E-state index in [1.165, 1.54) is 12.8 Å². The van der Waals surface area contributed by atoms with Gasteiger partial charge in [-0.15, -0.1) is 0 Å². The molecular formula is C17H25N3O. The lowest BCUT2D eigenvalue weighted by Gasteiger charge is -2.32. The van der Waals surface area contributed by atoms with Crippen molar-refractivity contribution in [2.24, 2.45) is 5.73 Å². The van der Waals surface area contributed by atoms with E-state index in [0.717, 1.165) is 37.5 Å². The molecule has 1 atom stereocenters. The summed E-state index contributed by atoms with van der Waals surface area (Å²) in [6.07, 6.45) is 5.44. The van der Waals surface area contributed by atoms with Crippen LogP contribution in [-0.2, 0) is 11.2 Å². The summed E-state index contributed by atoms with van der Waals surface area (Å²) in [7, 11) is 0. The van der Waals surface area contributed by atoms with E-state index < -0.39 is 6.04 Å². The predicted octanol–water partition coefficient (Wildman–Crippen LogP) is 1.30. The normalized spacial score (nSPS) is 22.0. The van der Waals surface area contributed by atoms with Crippen LogP contribution in [0, 0.1) is 0 Å². The number of carbonyl (C=O) groups is 1. The molecule has 0 spiro atoms. The first kappa shape index (κ1) is 14.5. The molecule has 1 aliphatic heterocycles. The van der Waals surface area contributed by atoms with Crippen LogP contribution in [0.4, 0.5) is 0 Å². The fourth-order valence-electron chi connectivity index (χ4n) is 3.12. The van der Waals surface area contributed by atoms with Gasteiger partial charge in [0.25, 0.3) is 0 Å². The summed E-state index contributed by atoms with van der Waals surface area (Å²) in [5, 5.41) is 3.13. The molecule has 1 heterocycles. The highest BCUT2D eigenvalue weighted by atomic mass is 16.2. The summed E-state index contributed by atoms with van der Waals surface area (Å²) in [5.74, 6) is -0.0104. The molecule has 1 aliphatic carbocycles. The molecule has 0 radical (unpaired) electrons. The number of likely N-dealkylation sites (tertiary alicyclic amines) is 1. The summed E-state index contributed by atoms with van der Waals surface area (Å²) in [6.45, 7) is 2.23. The van der Waals surface area contributed by atoms with Crippen molar-refractivity contribution >= 4 is 5.91 Å². The standard InChI is InChI=1S/C17H25N3O/c18-16(12-13-4-2-1-3-5-13)17(21)19-14-8-10-20(11-9-14)15-6-7-15/h1-5,14-16H,6-12,18H2,(H,19,21)/t16-/m1/s1. The molecule has 1 aromatic rings. The van der Waals surface area contributed by atoms with Crippen molar-refractivity contribution in [1.29, 1.82) is 0 Å². The Labute approximate surface area is 126 Å². The van der Waals surface area contributed by atoms with Crippen LogP contribution < -0.4 is 11.1 Å². The number of rotatable bonds is 5. The minimum Gasteiger partial charge on any atom is -0.352 e. The third-order valence-electron chi connectivity index (χ3n) is 4.57. The molecule has 0 unspecified atom stereocenters. The Hall–Kier alpha value is -1.39. The van der Waals surface area contributed by atoms with Crippen LogP contribution >= 0.6 is 0 Å². The highest BCUT2D eigenvalue weighted by molar-refractivity contribution is 5.82. The number of piperidine rings is 1. The van der Waals surface area contributed by atoms with E-state index in [1.54, 1.807) is 0 Å². The molecular weight excluding hydrogens is 262 g/mol.